The number of hydrogen-bond donors (Lipinski definition) is 0. The largest absolute Gasteiger partial charge is 0.453 e. The van der Waals surface area contributed by atoms with Gasteiger partial charge in [0.15, 0.2) is 0 Å². The van der Waals surface area contributed by atoms with Crippen LogP contribution in [0, 0.1) is 0 Å². The molecular weight excluding hydrogens is 246 g/mol. The lowest BCUT2D eigenvalue weighted by Gasteiger charge is -2.28. The minimum atomic E-state index is -0.846. The summed E-state index contributed by atoms with van der Waals surface area (Å²) in [6.07, 6.45) is 3.36. The Bertz CT molecular complexity index is 200. The zero-order chi connectivity index (χ0) is 11.0. The minimum Gasteiger partial charge on any atom is -0.453 e. The van der Waals surface area contributed by atoms with Crippen molar-refractivity contribution >= 4 is 40.8 Å². The van der Waals surface area contributed by atoms with Crippen molar-refractivity contribution in [3.05, 3.63) is 12.2 Å². The molecule has 0 atom stereocenters. The van der Waals surface area contributed by atoms with Gasteiger partial charge in [-0.3, -0.25) is 0 Å². The van der Waals surface area contributed by atoms with Crippen LogP contribution in [0.4, 0.5) is 0 Å². The first-order valence-corrected chi connectivity index (χ1v) is 5.78. The molecule has 5 heteroatoms. The highest BCUT2D eigenvalue weighted by Gasteiger charge is 2.31. The van der Waals surface area contributed by atoms with Crippen molar-refractivity contribution in [3.8, 4) is 0 Å². The van der Waals surface area contributed by atoms with Gasteiger partial charge < -0.3 is 4.74 Å². The highest BCUT2D eigenvalue weighted by atomic mass is 35.5. The SMILES string of the molecule is CC=CC(=O)OC(CCl)(CCl)CCCl. The van der Waals surface area contributed by atoms with E-state index < -0.39 is 11.6 Å². The van der Waals surface area contributed by atoms with Gasteiger partial charge in [-0.1, -0.05) is 6.08 Å². The fourth-order valence-corrected chi connectivity index (χ4v) is 1.84. The molecule has 82 valence electrons. The van der Waals surface area contributed by atoms with Gasteiger partial charge in [-0.2, -0.15) is 0 Å². The van der Waals surface area contributed by atoms with E-state index in [4.69, 9.17) is 39.5 Å². The van der Waals surface area contributed by atoms with Gasteiger partial charge in [0.05, 0.1) is 11.8 Å². The fraction of sp³-hybridized carbons (Fsp3) is 0.667. The number of halogens is 3. The third-order valence-corrected chi connectivity index (χ3v) is 2.82. The van der Waals surface area contributed by atoms with Crippen molar-refractivity contribution in [1.29, 1.82) is 0 Å². The third kappa shape index (κ3) is 4.54. The molecule has 0 bridgehead atoms. The van der Waals surface area contributed by atoms with Crippen LogP contribution in [-0.4, -0.2) is 29.2 Å². The second-order valence-electron chi connectivity index (χ2n) is 2.81. The molecule has 0 saturated heterocycles. The van der Waals surface area contributed by atoms with E-state index in [1.165, 1.54) is 6.08 Å². The van der Waals surface area contributed by atoms with Gasteiger partial charge in [-0.05, 0) is 6.92 Å². The molecule has 0 N–H and O–H groups in total. The van der Waals surface area contributed by atoms with E-state index in [1.807, 2.05) is 0 Å². The zero-order valence-electron chi connectivity index (χ0n) is 7.93. The molecule has 0 spiro atoms. The fourth-order valence-electron chi connectivity index (χ4n) is 0.831. The summed E-state index contributed by atoms with van der Waals surface area (Å²) < 4.78 is 5.14. The van der Waals surface area contributed by atoms with Crippen LogP contribution in [0.5, 0.6) is 0 Å². The van der Waals surface area contributed by atoms with E-state index in [9.17, 15) is 4.79 Å². The highest BCUT2D eigenvalue weighted by Crippen LogP contribution is 2.21. The van der Waals surface area contributed by atoms with Gasteiger partial charge in [-0.15, -0.1) is 34.8 Å². The molecule has 0 aliphatic rings. The number of carbonyl (C=O) groups excluding carboxylic acids is 1. The summed E-state index contributed by atoms with van der Waals surface area (Å²) in [5.74, 6) is 0.195. The molecule has 2 nitrogen and oxygen atoms in total. The summed E-state index contributed by atoms with van der Waals surface area (Å²) in [5.41, 5.74) is -0.846. The molecule has 0 fully saturated rings. The van der Waals surface area contributed by atoms with E-state index in [0.29, 0.717) is 12.3 Å². The molecule has 0 amide bonds. The molecule has 0 unspecified atom stereocenters. The quantitative estimate of drug-likeness (QED) is 0.416. The van der Waals surface area contributed by atoms with E-state index >= 15 is 0 Å². The van der Waals surface area contributed by atoms with Crippen LogP contribution in [-0.2, 0) is 9.53 Å². The van der Waals surface area contributed by atoms with Crippen molar-refractivity contribution in [3.63, 3.8) is 0 Å². The molecule has 0 aliphatic heterocycles. The Hall–Kier alpha value is 0.0800. The molecule has 0 aromatic rings. The van der Waals surface area contributed by atoms with Crippen molar-refractivity contribution in [2.75, 3.05) is 17.6 Å². The van der Waals surface area contributed by atoms with Gasteiger partial charge in [0.25, 0.3) is 0 Å². The smallest absolute Gasteiger partial charge is 0.331 e. The van der Waals surface area contributed by atoms with Crippen molar-refractivity contribution < 1.29 is 9.53 Å². The van der Waals surface area contributed by atoms with Gasteiger partial charge in [0.1, 0.15) is 5.60 Å². The molecule has 0 aromatic carbocycles. The van der Waals surface area contributed by atoms with E-state index in [-0.39, 0.29) is 11.8 Å². The number of rotatable bonds is 6. The monoisotopic (exact) mass is 258 g/mol. The van der Waals surface area contributed by atoms with Crippen LogP contribution in [0.15, 0.2) is 12.2 Å². The van der Waals surface area contributed by atoms with Gasteiger partial charge in [0.2, 0.25) is 0 Å². The summed E-state index contributed by atoms with van der Waals surface area (Å²) in [5, 5.41) is 0. The number of carbonyl (C=O) groups is 1. The topological polar surface area (TPSA) is 26.3 Å². The first kappa shape index (κ1) is 14.1. The first-order valence-electron chi connectivity index (χ1n) is 4.17. The number of ether oxygens (including phenoxy) is 1. The second-order valence-corrected chi connectivity index (χ2v) is 3.72. The summed E-state index contributed by atoms with van der Waals surface area (Å²) in [6.45, 7) is 1.73. The lowest BCUT2D eigenvalue weighted by Crippen LogP contribution is -2.39. The average Bonchev–Trinajstić information content (AvgIpc) is 2.17. The Morgan fingerprint density at radius 2 is 1.93 bits per heavy atom. The predicted octanol–water partition coefficient (Wildman–Crippen LogP) is 2.95. The van der Waals surface area contributed by atoms with Crippen LogP contribution in [0.1, 0.15) is 13.3 Å². The minimum absolute atomic E-state index is 0.145. The molecule has 0 aromatic heterocycles. The standard InChI is InChI=1S/C9H13Cl3O2/c1-2-3-8(13)14-9(6-11,7-12)4-5-10/h2-3H,4-7H2,1H3. The van der Waals surface area contributed by atoms with Crippen LogP contribution in [0.25, 0.3) is 0 Å². The Labute approximate surface area is 99.2 Å². The molecule has 0 rings (SSSR count). The van der Waals surface area contributed by atoms with Gasteiger partial charge >= 0.3 is 5.97 Å². The zero-order valence-corrected chi connectivity index (χ0v) is 10.2. The maximum absolute atomic E-state index is 11.2. The number of esters is 1. The Morgan fingerprint density at radius 3 is 2.29 bits per heavy atom. The van der Waals surface area contributed by atoms with Crippen molar-refractivity contribution in [2.24, 2.45) is 0 Å². The number of allylic oxidation sites excluding steroid dienone is 1. The number of alkyl halides is 3. The maximum atomic E-state index is 11.2. The third-order valence-electron chi connectivity index (χ3n) is 1.66. The molecule has 14 heavy (non-hydrogen) atoms. The molecule has 0 saturated carbocycles. The Balaban J connectivity index is 4.41. The Morgan fingerprint density at radius 1 is 1.36 bits per heavy atom. The van der Waals surface area contributed by atoms with Crippen LogP contribution >= 0.6 is 34.8 Å². The molecule has 0 aliphatic carbocycles. The van der Waals surface area contributed by atoms with Gasteiger partial charge in [0, 0.05) is 18.4 Å². The highest BCUT2D eigenvalue weighted by molar-refractivity contribution is 6.22. The summed E-state index contributed by atoms with van der Waals surface area (Å²) in [4.78, 5) is 11.2. The molecule has 0 heterocycles. The van der Waals surface area contributed by atoms with E-state index in [2.05, 4.69) is 0 Å². The normalized spacial score (nSPS) is 12.0. The second kappa shape index (κ2) is 7.38. The lowest BCUT2D eigenvalue weighted by molar-refractivity contribution is -0.149. The van der Waals surface area contributed by atoms with Crippen LogP contribution < -0.4 is 0 Å². The summed E-state index contributed by atoms with van der Waals surface area (Å²) in [6, 6.07) is 0. The average molecular weight is 260 g/mol. The maximum Gasteiger partial charge on any atom is 0.331 e. The van der Waals surface area contributed by atoms with E-state index in [1.54, 1.807) is 13.0 Å². The van der Waals surface area contributed by atoms with Crippen molar-refractivity contribution in [2.45, 2.75) is 18.9 Å². The lowest BCUT2D eigenvalue weighted by atomic mass is 10.1. The number of hydrogen-bond acceptors (Lipinski definition) is 2. The van der Waals surface area contributed by atoms with E-state index in [0.717, 1.165) is 0 Å². The predicted molar refractivity (Wildman–Crippen MR) is 60.4 cm³/mol. The van der Waals surface area contributed by atoms with Crippen LogP contribution in [0.3, 0.4) is 0 Å². The van der Waals surface area contributed by atoms with Crippen molar-refractivity contribution in [1.82, 2.24) is 0 Å². The summed E-state index contributed by atoms with van der Waals surface area (Å²) in [7, 11) is 0. The van der Waals surface area contributed by atoms with Crippen LogP contribution in [0.2, 0.25) is 0 Å². The van der Waals surface area contributed by atoms with Gasteiger partial charge in [-0.25, -0.2) is 4.79 Å². The Kier molecular flexibility index (Phi) is 7.42. The molecule has 0 radical (unpaired) electrons. The first-order chi connectivity index (χ1) is 6.64. The summed E-state index contributed by atoms with van der Waals surface area (Å²) >= 11 is 17.0. The molecular formula is C9H13Cl3O2.